The summed E-state index contributed by atoms with van der Waals surface area (Å²) in [5.41, 5.74) is 3.49. The molecule has 20 heavy (non-hydrogen) atoms. The molecule has 0 fully saturated rings. The number of fused-ring (bicyclic) bond motifs is 1. The Labute approximate surface area is 118 Å². The molecule has 1 aliphatic rings. The summed E-state index contributed by atoms with van der Waals surface area (Å²) in [5, 5.41) is 0. The lowest BCUT2D eigenvalue weighted by atomic mass is 10.0. The van der Waals surface area contributed by atoms with Gasteiger partial charge in [-0.15, -0.1) is 0 Å². The zero-order valence-electron chi connectivity index (χ0n) is 11.9. The van der Waals surface area contributed by atoms with Crippen molar-refractivity contribution in [2.45, 2.75) is 39.2 Å². The molecular formula is C16H19FN2O. The number of aromatic nitrogens is 2. The molecule has 106 valence electrons. The van der Waals surface area contributed by atoms with E-state index < -0.39 is 0 Å². The maximum Gasteiger partial charge on any atom is 0.165 e. The van der Waals surface area contributed by atoms with Crippen LogP contribution in [0.4, 0.5) is 4.39 Å². The normalized spacial score (nSPS) is 14.2. The third kappa shape index (κ3) is 2.30. The lowest BCUT2D eigenvalue weighted by molar-refractivity contribution is 0.386. The quantitative estimate of drug-likeness (QED) is 0.859. The second-order valence-electron chi connectivity index (χ2n) is 5.31. The van der Waals surface area contributed by atoms with Crippen LogP contribution in [0.5, 0.6) is 5.75 Å². The molecule has 4 heteroatoms. The zero-order valence-corrected chi connectivity index (χ0v) is 11.9. The van der Waals surface area contributed by atoms with Gasteiger partial charge in [-0.2, -0.15) is 0 Å². The lowest BCUT2D eigenvalue weighted by Crippen LogP contribution is -2.10. The van der Waals surface area contributed by atoms with E-state index in [1.54, 1.807) is 12.1 Å². The molecular weight excluding hydrogens is 255 g/mol. The van der Waals surface area contributed by atoms with Crippen LogP contribution in [0.15, 0.2) is 18.2 Å². The Bertz CT molecular complexity index is 634. The van der Waals surface area contributed by atoms with Crippen molar-refractivity contribution in [3.63, 3.8) is 0 Å². The minimum absolute atomic E-state index is 0.290. The van der Waals surface area contributed by atoms with E-state index >= 15 is 0 Å². The fourth-order valence-corrected chi connectivity index (χ4v) is 2.94. The molecule has 0 N–H and O–H groups in total. The van der Waals surface area contributed by atoms with Crippen molar-refractivity contribution < 1.29 is 9.13 Å². The van der Waals surface area contributed by atoms with E-state index in [0.717, 1.165) is 24.2 Å². The van der Waals surface area contributed by atoms with Crippen molar-refractivity contribution in [3.05, 3.63) is 46.8 Å². The average Bonchev–Trinajstić information content (AvgIpc) is 2.76. The topological polar surface area (TPSA) is 27.1 Å². The predicted octanol–water partition coefficient (Wildman–Crippen LogP) is 3.27. The van der Waals surface area contributed by atoms with Gasteiger partial charge in [-0.1, -0.05) is 6.07 Å². The summed E-state index contributed by atoms with van der Waals surface area (Å²) >= 11 is 0. The smallest absolute Gasteiger partial charge is 0.165 e. The molecule has 1 heterocycles. The molecule has 1 aromatic carbocycles. The molecule has 0 aliphatic heterocycles. The average molecular weight is 274 g/mol. The Hall–Kier alpha value is -1.84. The number of benzene rings is 1. The predicted molar refractivity (Wildman–Crippen MR) is 75.7 cm³/mol. The van der Waals surface area contributed by atoms with Crippen LogP contribution < -0.4 is 4.74 Å². The standard InChI is InChI=1S/C16H19FN2O/c1-11-18-14-5-3-4-6-15(14)19(11)10-12-7-8-16(20-2)13(17)9-12/h7-9H,3-6,10H2,1-2H3. The first-order chi connectivity index (χ1) is 9.69. The van der Waals surface area contributed by atoms with Crippen LogP contribution in [0.1, 0.15) is 35.6 Å². The first-order valence-corrected chi connectivity index (χ1v) is 7.06. The number of aryl methyl sites for hydroxylation is 2. The fourth-order valence-electron chi connectivity index (χ4n) is 2.94. The number of halogens is 1. The summed E-state index contributed by atoms with van der Waals surface area (Å²) in [4.78, 5) is 4.65. The Balaban J connectivity index is 1.91. The van der Waals surface area contributed by atoms with Gasteiger partial charge in [-0.25, -0.2) is 9.37 Å². The highest BCUT2D eigenvalue weighted by molar-refractivity contribution is 5.30. The van der Waals surface area contributed by atoms with Gasteiger partial charge in [0.15, 0.2) is 11.6 Å². The third-order valence-corrected chi connectivity index (χ3v) is 3.98. The fraction of sp³-hybridized carbons (Fsp3) is 0.438. The molecule has 0 saturated carbocycles. The molecule has 0 bridgehead atoms. The van der Waals surface area contributed by atoms with Crippen LogP contribution in [0.25, 0.3) is 0 Å². The van der Waals surface area contributed by atoms with Crippen molar-refractivity contribution in [2.24, 2.45) is 0 Å². The van der Waals surface area contributed by atoms with Crippen molar-refractivity contribution >= 4 is 0 Å². The number of hydrogen-bond donors (Lipinski definition) is 0. The van der Waals surface area contributed by atoms with Gasteiger partial charge in [0.1, 0.15) is 5.82 Å². The van der Waals surface area contributed by atoms with E-state index in [0.29, 0.717) is 6.54 Å². The molecule has 3 nitrogen and oxygen atoms in total. The minimum Gasteiger partial charge on any atom is -0.494 e. The van der Waals surface area contributed by atoms with Crippen molar-refractivity contribution in [3.8, 4) is 5.75 Å². The molecule has 2 aromatic rings. The summed E-state index contributed by atoms with van der Waals surface area (Å²) in [6, 6.07) is 5.15. The van der Waals surface area contributed by atoms with E-state index in [-0.39, 0.29) is 11.6 Å². The van der Waals surface area contributed by atoms with Gasteiger partial charge in [0.25, 0.3) is 0 Å². The van der Waals surface area contributed by atoms with E-state index in [2.05, 4.69) is 9.55 Å². The molecule has 3 rings (SSSR count). The summed E-state index contributed by atoms with van der Waals surface area (Å²) in [5.74, 6) is 1.00. The van der Waals surface area contributed by atoms with Gasteiger partial charge in [0, 0.05) is 12.2 Å². The lowest BCUT2D eigenvalue weighted by Gasteiger charge is -2.15. The van der Waals surface area contributed by atoms with E-state index in [1.165, 1.54) is 31.3 Å². The second kappa shape index (κ2) is 5.27. The summed E-state index contributed by atoms with van der Waals surface area (Å²) in [6.07, 6.45) is 4.59. The largest absolute Gasteiger partial charge is 0.494 e. The molecule has 0 amide bonds. The van der Waals surface area contributed by atoms with Crippen LogP contribution in [0.3, 0.4) is 0 Å². The van der Waals surface area contributed by atoms with E-state index in [4.69, 9.17) is 4.74 Å². The van der Waals surface area contributed by atoms with Crippen LogP contribution in [0, 0.1) is 12.7 Å². The maximum atomic E-state index is 13.8. The summed E-state index contributed by atoms with van der Waals surface area (Å²) in [6.45, 7) is 2.70. The van der Waals surface area contributed by atoms with Crippen LogP contribution in [-0.4, -0.2) is 16.7 Å². The number of rotatable bonds is 3. The van der Waals surface area contributed by atoms with Crippen molar-refractivity contribution in [2.75, 3.05) is 7.11 Å². The summed E-state index contributed by atoms with van der Waals surface area (Å²) in [7, 11) is 1.48. The van der Waals surface area contributed by atoms with Crippen LogP contribution in [0.2, 0.25) is 0 Å². The molecule has 1 aliphatic carbocycles. The molecule has 1 aromatic heterocycles. The van der Waals surface area contributed by atoms with Gasteiger partial charge in [0.05, 0.1) is 12.8 Å². The van der Waals surface area contributed by atoms with Crippen molar-refractivity contribution in [1.29, 1.82) is 0 Å². The Morgan fingerprint density at radius 2 is 2.10 bits per heavy atom. The number of imidazole rings is 1. The Morgan fingerprint density at radius 3 is 2.85 bits per heavy atom. The van der Waals surface area contributed by atoms with Gasteiger partial charge in [-0.05, 0) is 50.3 Å². The highest BCUT2D eigenvalue weighted by atomic mass is 19.1. The molecule has 0 spiro atoms. The van der Waals surface area contributed by atoms with E-state index in [1.807, 2.05) is 13.0 Å². The van der Waals surface area contributed by atoms with Crippen LogP contribution in [-0.2, 0) is 19.4 Å². The Morgan fingerprint density at radius 1 is 1.30 bits per heavy atom. The van der Waals surface area contributed by atoms with Gasteiger partial charge < -0.3 is 9.30 Å². The zero-order chi connectivity index (χ0) is 14.1. The van der Waals surface area contributed by atoms with Gasteiger partial charge in [0.2, 0.25) is 0 Å². The summed E-state index contributed by atoms with van der Waals surface area (Å²) < 4.78 is 20.9. The molecule has 0 unspecified atom stereocenters. The number of methoxy groups -OCH3 is 1. The Kier molecular flexibility index (Phi) is 3.47. The van der Waals surface area contributed by atoms with Crippen molar-refractivity contribution in [1.82, 2.24) is 9.55 Å². The third-order valence-electron chi connectivity index (χ3n) is 3.98. The van der Waals surface area contributed by atoms with Crippen LogP contribution >= 0.6 is 0 Å². The first kappa shape index (κ1) is 13.2. The maximum absolute atomic E-state index is 13.8. The second-order valence-corrected chi connectivity index (χ2v) is 5.31. The monoisotopic (exact) mass is 274 g/mol. The number of nitrogens with zero attached hydrogens (tertiary/aromatic N) is 2. The molecule has 0 saturated heterocycles. The molecule has 0 atom stereocenters. The SMILES string of the molecule is COc1ccc(Cn2c(C)nc3c2CCCC3)cc1F. The van der Waals surface area contributed by atoms with E-state index in [9.17, 15) is 4.39 Å². The molecule has 0 radical (unpaired) electrons. The highest BCUT2D eigenvalue weighted by Gasteiger charge is 2.18. The first-order valence-electron chi connectivity index (χ1n) is 7.06. The van der Waals surface area contributed by atoms with Gasteiger partial charge in [-0.3, -0.25) is 0 Å². The minimum atomic E-state index is -0.309. The van der Waals surface area contributed by atoms with Gasteiger partial charge >= 0.3 is 0 Å². The number of hydrogen-bond acceptors (Lipinski definition) is 2. The highest BCUT2D eigenvalue weighted by Crippen LogP contribution is 2.24. The number of ether oxygens (including phenoxy) is 1.